The lowest BCUT2D eigenvalue weighted by atomic mass is 10.1. The van der Waals surface area contributed by atoms with Crippen molar-refractivity contribution in [3.8, 4) is 22.7 Å². The molecule has 4 aromatic rings. The van der Waals surface area contributed by atoms with Gasteiger partial charge in [0.25, 0.3) is 5.91 Å². The first kappa shape index (κ1) is 23.3. The Morgan fingerprint density at radius 1 is 1.00 bits per heavy atom. The van der Waals surface area contributed by atoms with Crippen LogP contribution in [-0.2, 0) is 9.84 Å². The zero-order valence-corrected chi connectivity index (χ0v) is 20.2. The number of rotatable bonds is 6. The second-order valence-corrected chi connectivity index (χ2v) is 10.1. The van der Waals surface area contributed by atoms with Gasteiger partial charge in [-0.2, -0.15) is 5.10 Å². The maximum absolute atomic E-state index is 13.4. The van der Waals surface area contributed by atoms with E-state index in [9.17, 15) is 13.2 Å². The molecule has 0 fully saturated rings. The number of benzene rings is 3. The zero-order valence-electron chi connectivity index (χ0n) is 19.4. The van der Waals surface area contributed by atoms with Gasteiger partial charge in [0.05, 0.1) is 23.3 Å². The quantitative estimate of drug-likeness (QED) is 0.432. The molecular formula is C26H25N3O4S. The van der Waals surface area contributed by atoms with E-state index in [2.05, 4.69) is 5.32 Å². The Morgan fingerprint density at radius 2 is 1.74 bits per heavy atom. The van der Waals surface area contributed by atoms with Crippen LogP contribution in [0.25, 0.3) is 16.9 Å². The van der Waals surface area contributed by atoms with Crippen LogP contribution in [0, 0.1) is 13.8 Å². The monoisotopic (exact) mass is 475 g/mol. The van der Waals surface area contributed by atoms with E-state index in [1.54, 1.807) is 31.0 Å². The van der Waals surface area contributed by atoms with E-state index >= 15 is 0 Å². The van der Waals surface area contributed by atoms with Crippen molar-refractivity contribution in [3.05, 3.63) is 89.6 Å². The van der Waals surface area contributed by atoms with Gasteiger partial charge in [-0.1, -0.05) is 35.9 Å². The number of ether oxygens (including phenoxy) is 1. The summed E-state index contributed by atoms with van der Waals surface area (Å²) in [6.45, 7) is 3.81. The highest BCUT2D eigenvalue weighted by atomic mass is 32.2. The van der Waals surface area contributed by atoms with E-state index < -0.39 is 15.7 Å². The Hall–Kier alpha value is -3.91. The number of hydrogen-bond donors (Lipinski definition) is 1. The SMILES string of the molecule is COc1cccc(-c2nn(-c3ccc(C)cc3)cc2C(=O)Nc2cc(S(C)(=O)=O)ccc2C)c1. The van der Waals surface area contributed by atoms with Crippen LogP contribution in [-0.4, -0.2) is 37.5 Å². The third-order valence-electron chi connectivity index (χ3n) is 5.49. The molecule has 174 valence electrons. The van der Waals surface area contributed by atoms with Crippen molar-refractivity contribution >= 4 is 21.4 Å². The summed E-state index contributed by atoms with van der Waals surface area (Å²) in [5.74, 6) is 0.246. The van der Waals surface area contributed by atoms with Crippen LogP contribution in [0.4, 0.5) is 5.69 Å². The Kier molecular flexibility index (Phi) is 6.26. The van der Waals surface area contributed by atoms with Gasteiger partial charge in [0.15, 0.2) is 9.84 Å². The average molecular weight is 476 g/mol. The molecule has 4 rings (SSSR count). The highest BCUT2D eigenvalue weighted by Gasteiger charge is 2.20. The molecule has 0 saturated heterocycles. The summed E-state index contributed by atoms with van der Waals surface area (Å²) in [5.41, 5.74) is 4.64. The van der Waals surface area contributed by atoms with Crippen molar-refractivity contribution in [3.63, 3.8) is 0 Å². The van der Waals surface area contributed by atoms with Crippen molar-refractivity contribution in [2.24, 2.45) is 0 Å². The molecule has 0 radical (unpaired) electrons. The van der Waals surface area contributed by atoms with E-state index in [1.165, 1.54) is 12.1 Å². The van der Waals surface area contributed by atoms with E-state index in [-0.39, 0.29) is 4.90 Å². The fourth-order valence-corrected chi connectivity index (χ4v) is 4.16. The second kappa shape index (κ2) is 9.15. The van der Waals surface area contributed by atoms with E-state index in [1.807, 2.05) is 55.5 Å². The van der Waals surface area contributed by atoms with Gasteiger partial charge in [-0.15, -0.1) is 0 Å². The van der Waals surface area contributed by atoms with Crippen LogP contribution in [0.1, 0.15) is 21.5 Å². The van der Waals surface area contributed by atoms with Crippen molar-refractivity contribution in [2.45, 2.75) is 18.7 Å². The number of aryl methyl sites for hydroxylation is 2. The average Bonchev–Trinajstić information content (AvgIpc) is 3.26. The first-order chi connectivity index (χ1) is 16.2. The maximum Gasteiger partial charge on any atom is 0.259 e. The largest absolute Gasteiger partial charge is 0.497 e. The lowest BCUT2D eigenvalue weighted by Gasteiger charge is -2.10. The summed E-state index contributed by atoms with van der Waals surface area (Å²) < 4.78 is 31.0. The number of carbonyl (C=O) groups is 1. The Bertz CT molecular complexity index is 1470. The van der Waals surface area contributed by atoms with Crippen molar-refractivity contribution < 1.29 is 17.9 Å². The van der Waals surface area contributed by atoms with Gasteiger partial charge in [0, 0.05) is 23.7 Å². The summed E-state index contributed by atoms with van der Waals surface area (Å²) in [6, 6.07) is 19.8. The number of nitrogens with zero attached hydrogens (tertiary/aromatic N) is 2. The van der Waals surface area contributed by atoms with Crippen LogP contribution in [0.3, 0.4) is 0 Å². The minimum Gasteiger partial charge on any atom is -0.497 e. The number of sulfone groups is 1. The molecular weight excluding hydrogens is 450 g/mol. The van der Waals surface area contributed by atoms with Gasteiger partial charge < -0.3 is 10.1 Å². The summed E-state index contributed by atoms with van der Waals surface area (Å²) in [7, 11) is -1.84. The molecule has 3 aromatic carbocycles. The molecule has 8 heteroatoms. The minimum atomic E-state index is -3.42. The molecule has 1 aromatic heterocycles. The topological polar surface area (TPSA) is 90.3 Å². The number of anilines is 1. The maximum atomic E-state index is 13.4. The highest BCUT2D eigenvalue weighted by molar-refractivity contribution is 7.90. The third kappa shape index (κ3) is 4.87. The predicted molar refractivity (Wildman–Crippen MR) is 133 cm³/mol. The molecule has 1 N–H and O–H groups in total. The van der Waals surface area contributed by atoms with Crippen LogP contribution < -0.4 is 10.1 Å². The lowest BCUT2D eigenvalue weighted by molar-refractivity contribution is 0.102. The van der Waals surface area contributed by atoms with E-state index in [0.717, 1.165) is 28.6 Å². The molecule has 0 aliphatic carbocycles. The van der Waals surface area contributed by atoms with Crippen LogP contribution in [0.2, 0.25) is 0 Å². The van der Waals surface area contributed by atoms with Gasteiger partial charge in [0.1, 0.15) is 11.4 Å². The molecule has 1 heterocycles. The summed E-state index contributed by atoms with van der Waals surface area (Å²) in [4.78, 5) is 13.6. The lowest BCUT2D eigenvalue weighted by Crippen LogP contribution is -2.14. The zero-order chi connectivity index (χ0) is 24.5. The first-order valence-corrected chi connectivity index (χ1v) is 12.5. The van der Waals surface area contributed by atoms with E-state index in [4.69, 9.17) is 9.84 Å². The second-order valence-electron chi connectivity index (χ2n) is 8.11. The standard InChI is InChI=1S/C26H25N3O4S/c1-17-8-11-20(12-9-17)29-16-23(25(28-29)19-6-5-7-21(14-19)33-3)26(30)27-24-15-22(34(4,31)32)13-10-18(24)2/h5-16H,1-4H3,(H,27,30). The highest BCUT2D eigenvalue weighted by Crippen LogP contribution is 2.28. The molecule has 0 aliphatic heterocycles. The van der Waals surface area contributed by atoms with Crippen LogP contribution in [0.15, 0.2) is 77.8 Å². The molecule has 0 unspecified atom stereocenters. The fraction of sp³-hybridized carbons (Fsp3) is 0.154. The van der Waals surface area contributed by atoms with Crippen molar-refractivity contribution in [1.29, 1.82) is 0 Å². The Morgan fingerprint density at radius 3 is 2.41 bits per heavy atom. The van der Waals surface area contributed by atoms with Gasteiger partial charge >= 0.3 is 0 Å². The molecule has 34 heavy (non-hydrogen) atoms. The molecule has 0 atom stereocenters. The Labute approximate surface area is 198 Å². The van der Waals surface area contributed by atoms with Crippen molar-refractivity contribution in [1.82, 2.24) is 9.78 Å². The van der Waals surface area contributed by atoms with Gasteiger partial charge in [-0.3, -0.25) is 4.79 Å². The molecule has 7 nitrogen and oxygen atoms in total. The number of hydrogen-bond acceptors (Lipinski definition) is 5. The number of aromatic nitrogens is 2. The van der Waals surface area contributed by atoms with Crippen LogP contribution >= 0.6 is 0 Å². The summed E-state index contributed by atoms with van der Waals surface area (Å²) in [5, 5.41) is 7.57. The van der Waals surface area contributed by atoms with Gasteiger partial charge in [-0.05, 0) is 55.8 Å². The smallest absolute Gasteiger partial charge is 0.259 e. The number of nitrogens with one attached hydrogen (secondary N) is 1. The number of methoxy groups -OCH3 is 1. The minimum absolute atomic E-state index is 0.136. The normalized spacial score (nSPS) is 11.3. The van der Waals surface area contributed by atoms with Crippen LogP contribution in [0.5, 0.6) is 5.75 Å². The van der Waals surface area contributed by atoms with Gasteiger partial charge in [-0.25, -0.2) is 13.1 Å². The molecule has 0 aliphatic rings. The number of amides is 1. The molecule has 0 saturated carbocycles. The van der Waals surface area contributed by atoms with E-state index in [0.29, 0.717) is 22.7 Å². The summed E-state index contributed by atoms with van der Waals surface area (Å²) >= 11 is 0. The Balaban J connectivity index is 1.79. The fourth-order valence-electron chi connectivity index (χ4n) is 3.51. The summed E-state index contributed by atoms with van der Waals surface area (Å²) in [6.07, 6.45) is 2.81. The third-order valence-corrected chi connectivity index (χ3v) is 6.60. The molecule has 1 amide bonds. The van der Waals surface area contributed by atoms with Gasteiger partial charge in [0.2, 0.25) is 0 Å². The molecule has 0 spiro atoms. The van der Waals surface area contributed by atoms with Crippen molar-refractivity contribution in [2.75, 3.05) is 18.7 Å². The number of carbonyl (C=O) groups excluding carboxylic acids is 1. The predicted octanol–water partition coefficient (Wildman–Crippen LogP) is 4.82. The first-order valence-electron chi connectivity index (χ1n) is 10.6. The molecule has 0 bridgehead atoms.